The van der Waals surface area contributed by atoms with Crippen molar-refractivity contribution in [3.8, 4) is 5.75 Å². The third kappa shape index (κ3) is 2.74. The summed E-state index contributed by atoms with van der Waals surface area (Å²) in [5, 5.41) is 9.69. The number of methoxy groups -OCH3 is 1. The standard InChI is InChI=1S/C12H13NO3S/c1-16-9-2-3-10-8(5-13-11(10)4-9)6-17-7-12(14)15/h2-5,13H,6-7H2,1H3,(H,14,15). The summed E-state index contributed by atoms with van der Waals surface area (Å²) in [7, 11) is 1.63. The van der Waals surface area contributed by atoms with Gasteiger partial charge in [0.25, 0.3) is 0 Å². The SMILES string of the molecule is COc1ccc2c(CSCC(=O)O)c[nH]c2c1. The van der Waals surface area contributed by atoms with Crippen LogP contribution in [0.4, 0.5) is 0 Å². The van der Waals surface area contributed by atoms with Crippen molar-refractivity contribution in [2.75, 3.05) is 12.9 Å². The van der Waals surface area contributed by atoms with Gasteiger partial charge in [-0.2, -0.15) is 0 Å². The zero-order valence-electron chi connectivity index (χ0n) is 9.40. The van der Waals surface area contributed by atoms with E-state index in [4.69, 9.17) is 9.84 Å². The molecule has 0 fully saturated rings. The number of nitrogens with one attached hydrogen (secondary N) is 1. The molecule has 0 bridgehead atoms. The molecule has 0 aliphatic carbocycles. The molecule has 0 saturated heterocycles. The number of aliphatic carboxylic acids is 1. The van der Waals surface area contributed by atoms with E-state index in [-0.39, 0.29) is 5.75 Å². The maximum Gasteiger partial charge on any atom is 0.313 e. The summed E-state index contributed by atoms with van der Waals surface area (Å²) >= 11 is 1.39. The first kappa shape index (κ1) is 11.9. The third-order valence-corrected chi connectivity index (χ3v) is 3.42. The maximum absolute atomic E-state index is 10.4. The fourth-order valence-electron chi connectivity index (χ4n) is 1.66. The third-order valence-electron chi connectivity index (χ3n) is 2.46. The number of thioether (sulfide) groups is 1. The van der Waals surface area contributed by atoms with Crippen molar-refractivity contribution in [2.45, 2.75) is 5.75 Å². The largest absolute Gasteiger partial charge is 0.497 e. The molecule has 2 aromatic rings. The summed E-state index contributed by atoms with van der Waals surface area (Å²) in [4.78, 5) is 13.6. The Morgan fingerprint density at radius 3 is 3.06 bits per heavy atom. The summed E-state index contributed by atoms with van der Waals surface area (Å²) in [6.45, 7) is 0. The molecule has 0 aliphatic rings. The van der Waals surface area contributed by atoms with Gasteiger partial charge < -0.3 is 14.8 Å². The lowest BCUT2D eigenvalue weighted by Gasteiger charge is -2.00. The van der Waals surface area contributed by atoms with Gasteiger partial charge in [-0.05, 0) is 17.7 Å². The van der Waals surface area contributed by atoms with E-state index < -0.39 is 5.97 Å². The van der Waals surface area contributed by atoms with E-state index in [1.807, 2.05) is 24.4 Å². The first-order valence-corrected chi connectivity index (χ1v) is 6.29. The zero-order valence-corrected chi connectivity index (χ0v) is 10.2. The Balaban J connectivity index is 2.16. The van der Waals surface area contributed by atoms with Crippen LogP contribution in [0.5, 0.6) is 5.75 Å². The number of aromatic amines is 1. The molecule has 0 atom stereocenters. The van der Waals surface area contributed by atoms with Crippen LogP contribution >= 0.6 is 11.8 Å². The van der Waals surface area contributed by atoms with Gasteiger partial charge in [-0.1, -0.05) is 0 Å². The molecule has 0 radical (unpaired) electrons. The molecule has 2 rings (SSSR count). The fourth-order valence-corrected chi connectivity index (χ4v) is 2.40. The number of H-pyrrole nitrogens is 1. The number of rotatable bonds is 5. The van der Waals surface area contributed by atoms with Gasteiger partial charge in [0.1, 0.15) is 5.75 Å². The molecule has 2 N–H and O–H groups in total. The first-order valence-electron chi connectivity index (χ1n) is 5.14. The van der Waals surface area contributed by atoms with Crippen LogP contribution in [0.3, 0.4) is 0 Å². The normalized spacial score (nSPS) is 10.6. The second-order valence-electron chi connectivity index (χ2n) is 3.61. The average molecular weight is 251 g/mol. The molecule has 0 unspecified atom stereocenters. The molecule has 0 amide bonds. The minimum Gasteiger partial charge on any atom is -0.497 e. The summed E-state index contributed by atoms with van der Waals surface area (Å²) in [6, 6.07) is 5.82. The van der Waals surface area contributed by atoms with Crippen molar-refractivity contribution in [3.63, 3.8) is 0 Å². The predicted octanol–water partition coefficient (Wildman–Crippen LogP) is 2.49. The molecule has 0 spiro atoms. The number of hydrogen-bond donors (Lipinski definition) is 2. The lowest BCUT2D eigenvalue weighted by atomic mass is 10.2. The average Bonchev–Trinajstić information content (AvgIpc) is 2.71. The van der Waals surface area contributed by atoms with E-state index in [9.17, 15) is 4.79 Å². The van der Waals surface area contributed by atoms with Crippen LogP contribution in [0.1, 0.15) is 5.56 Å². The number of hydrogen-bond acceptors (Lipinski definition) is 3. The fraction of sp³-hybridized carbons (Fsp3) is 0.250. The second kappa shape index (κ2) is 5.14. The van der Waals surface area contributed by atoms with Gasteiger partial charge in [0.2, 0.25) is 0 Å². The Morgan fingerprint density at radius 1 is 1.53 bits per heavy atom. The van der Waals surface area contributed by atoms with E-state index >= 15 is 0 Å². The van der Waals surface area contributed by atoms with E-state index in [0.29, 0.717) is 5.75 Å². The highest BCUT2D eigenvalue weighted by Crippen LogP contribution is 2.25. The Bertz CT molecular complexity index is 536. The van der Waals surface area contributed by atoms with Crippen molar-refractivity contribution in [1.29, 1.82) is 0 Å². The maximum atomic E-state index is 10.4. The highest BCUT2D eigenvalue weighted by atomic mass is 32.2. The number of ether oxygens (including phenoxy) is 1. The van der Waals surface area contributed by atoms with Gasteiger partial charge in [0.05, 0.1) is 12.9 Å². The molecule has 5 heteroatoms. The molecular formula is C12H13NO3S. The minimum absolute atomic E-state index is 0.128. The minimum atomic E-state index is -0.781. The number of benzene rings is 1. The van der Waals surface area contributed by atoms with Gasteiger partial charge in [-0.25, -0.2) is 0 Å². The van der Waals surface area contributed by atoms with Crippen LogP contribution in [0, 0.1) is 0 Å². The molecule has 0 saturated carbocycles. The molecule has 0 aliphatic heterocycles. The predicted molar refractivity (Wildman–Crippen MR) is 68.6 cm³/mol. The van der Waals surface area contributed by atoms with Crippen molar-refractivity contribution < 1.29 is 14.6 Å². The van der Waals surface area contributed by atoms with E-state index in [1.54, 1.807) is 7.11 Å². The molecule has 1 aromatic carbocycles. The van der Waals surface area contributed by atoms with Crippen LogP contribution in [-0.2, 0) is 10.5 Å². The zero-order chi connectivity index (χ0) is 12.3. The van der Waals surface area contributed by atoms with Gasteiger partial charge >= 0.3 is 5.97 Å². The van der Waals surface area contributed by atoms with Crippen LogP contribution < -0.4 is 4.74 Å². The smallest absolute Gasteiger partial charge is 0.313 e. The topological polar surface area (TPSA) is 62.3 Å². The van der Waals surface area contributed by atoms with Crippen molar-refractivity contribution in [3.05, 3.63) is 30.0 Å². The number of aromatic nitrogens is 1. The molecule has 17 heavy (non-hydrogen) atoms. The highest BCUT2D eigenvalue weighted by molar-refractivity contribution is 7.99. The van der Waals surface area contributed by atoms with Crippen LogP contribution in [0.15, 0.2) is 24.4 Å². The van der Waals surface area contributed by atoms with Gasteiger partial charge in [0, 0.05) is 28.9 Å². The molecule has 90 valence electrons. The van der Waals surface area contributed by atoms with E-state index in [1.165, 1.54) is 11.8 Å². The number of fused-ring (bicyclic) bond motifs is 1. The van der Waals surface area contributed by atoms with Crippen LogP contribution in [-0.4, -0.2) is 28.9 Å². The quantitative estimate of drug-likeness (QED) is 0.857. The monoisotopic (exact) mass is 251 g/mol. The Kier molecular flexibility index (Phi) is 3.58. The summed E-state index contributed by atoms with van der Waals surface area (Å²) < 4.78 is 5.14. The second-order valence-corrected chi connectivity index (χ2v) is 4.60. The highest BCUT2D eigenvalue weighted by Gasteiger charge is 2.06. The Labute approximate surface area is 103 Å². The summed E-state index contributed by atoms with van der Waals surface area (Å²) in [5.41, 5.74) is 2.13. The van der Waals surface area contributed by atoms with Crippen LogP contribution in [0.25, 0.3) is 10.9 Å². The molecule has 1 aromatic heterocycles. The van der Waals surface area contributed by atoms with Crippen molar-refractivity contribution >= 4 is 28.6 Å². The number of carbonyl (C=O) groups is 1. The number of carboxylic acids is 1. The van der Waals surface area contributed by atoms with Crippen molar-refractivity contribution in [1.82, 2.24) is 4.98 Å². The molecular weight excluding hydrogens is 238 g/mol. The molecule has 4 nitrogen and oxygen atoms in total. The van der Waals surface area contributed by atoms with E-state index in [2.05, 4.69) is 4.98 Å². The lowest BCUT2D eigenvalue weighted by molar-refractivity contribution is -0.133. The lowest BCUT2D eigenvalue weighted by Crippen LogP contribution is -1.97. The number of carboxylic acid groups (broad SMARTS) is 1. The summed E-state index contributed by atoms with van der Waals surface area (Å²) in [6.07, 6.45) is 1.92. The van der Waals surface area contributed by atoms with Crippen molar-refractivity contribution in [2.24, 2.45) is 0 Å². The first-order chi connectivity index (χ1) is 8.20. The summed E-state index contributed by atoms with van der Waals surface area (Å²) in [5.74, 6) is 0.849. The molecule has 1 heterocycles. The van der Waals surface area contributed by atoms with E-state index in [0.717, 1.165) is 22.2 Å². The Hall–Kier alpha value is -1.62. The van der Waals surface area contributed by atoms with Gasteiger partial charge in [0.15, 0.2) is 0 Å². The van der Waals surface area contributed by atoms with Gasteiger partial charge in [-0.3, -0.25) is 4.79 Å². The van der Waals surface area contributed by atoms with Crippen LogP contribution in [0.2, 0.25) is 0 Å². The van der Waals surface area contributed by atoms with Gasteiger partial charge in [-0.15, -0.1) is 11.8 Å². The Morgan fingerprint density at radius 2 is 2.35 bits per heavy atom.